The minimum absolute atomic E-state index is 0.0276. The maximum atomic E-state index is 13.1. The Kier molecular flexibility index (Phi) is 4.86. The van der Waals surface area contributed by atoms with Gasteiger partial charge < -0.3 is 20.1 Å². The smallest absolute Gasteiger partial charge is 0.317 e. The Morgan fingerprint density at radius 3 is 2.68 bits per heavy atom. The number of benzene rings is 1. The van der Waals surface area contributed by atoms with Crippen molar-refractivity contribution in [1.82, 2.24) is 25.1 Å². The van der Waals surface area contributed by atoms with Crippen molar-refractivity contribution >= 4 is 17.1 Å². The lowest BCUT2D eigenvalue weighted by Gasteiger charge is -2.47. The number of para-hydroxylation sites is 2. The number of urea groups is 1. The number of carbonyl (C=O) groups is 1. The third kappa shape index (κ3) is 4.02. The standard InChI is InChI=1S/C22H33N5O/c1-21(2)12-16(13-22(3,4)25-21)24-20(28)27-11-7-8-17(27)14-26-15-23-18-9-5-6-10-19(18)26/h5-6,9-10,15-17,25H,7-8,11-14H2,1-4H3,(H,24,28). The van der Waals surface area contributed by atoms with Crippen LogP contribution in [0, 0.1) is 0 Å². The highest BCUT2D eigenvalue weighted by molar-refractivity contribution is 5.76. The molecule has 1 aromatic carbocycles. The number of aromatic nitrogens is 2. The van der Waals surface area contributed by atoms with Crippen LogP contribution < -0.4 is 10.6 Å². The summed E-state index contributed by atoms with van der Waals surface area (Å²) in [6, 6.07) is 8.70. The van der Waals surface area contributed by atoms with Gasteiger partial charge in [0.2, 0.25) is 0 Å². The monoisotopic (exact) mass is 383 g/mol. The number of hydrogen-bond donors (Lipinski definition) is 2. The molecule has 2 aliphatic rings. The molecule has 6 heteroatoms. The number of imidazole rings is 1. The highest BCUT2D eigenvalue weighted by atomic mass is 16.2. The van der Waals surface area contributed by atoms with Crippen molar-refractivity contribution in [2.24, 2.45) is 0 Å². The van der Waals surface area contributed by atoms with Crippen molar-refractivity contribution in [2.45, 2.75) is 83.1 Å². The molecule has 0 aliphatic carbocycles. The molecule has 2 saturated heterocycles. The van der Waals surface area contributed by atoms with Crippen LogP contribution in [0.3, 0.4) is 0 Å². The second kappa shape index (κ2) is 7.07. The van der Waals surface area contributed by atoms with E-state index in [1.54, 1.807) is 0 Å². The van der Waals surface area contributed by atoms with Crippen molar-refractivity contribution in [3.05, 3.63) is 30.6 Å². The average molecular weight is 384 g/mol. The second-order valence-electron chi connectivity index (χ2n) is 9.82. The third-order valence-corrected chi connectivity index (χ3v) is 6.09. The highest BCUT2D eigenvalue weighted by Gasteiger charge is 2.39. The highest BCUT2D eigenvalue weighted by Crippen LogP contribution is 2.29. The molecule has 2 N–H and O–H groups in total. The molecule has 1 atom stereocenters. The van der Waals surface area contributed by atoms with E-state index in [2.05, 4.69) is 53.9 Å². The molecule has 2 aliphatic heterocycles. The van der Waals surface area contributed by atoms with Crippen LogP contribution in [0.25, 0.3) is 11.0 Å². The molecule has 28 heavy (non-hydrogen) atoms. The van der Waals surface area contributed by atoms with E-state index < -0.39 is 0 Å². The lowest BCUT2D eigenvalue weighted by atomic mass is 9.79. The van der Waals surface area contributed by atoms with E-state index in [-0.39, 0.29) is 29.2 Å². The molecule has 2 fully saturated rings. The van der Waals surface area contributed by atoms with Gasteiger partial charge in [-0.15, -0.1) is 0 Å². The number of nitrogens with zero attached hydrogens (tertiary/aromatic N) is 3. The Hall–Kier alpha value is -2.08. The number of likely N-dealkylation sites (tertiary alicyclic amines) is 1. The molecule has 2 amide bonds. The number of rotatable bonds is 3. The van der Waals surface area contributed by atoms with E-state index in [0.29, 0.717) is 0 Å². The number of fused-ring (bicyclic) bond motifs is 1. The van der Waals surface area contributed by atoms with Gasteiger partial charge in [0.05, 0.1) is 23.4 Å². The van der Waals surface area contributed by atoms with Crippen LogP contribution in [-0.4, -0.2) is 50.2 Å². The van der Waals surface area contributed by atoms with Gasteiger partial charge in [-0.05, 0) is 65.5 Å². The van der Waals surface area contributed by atoms with Crippen LogP contribution in [0.5, 0.6) is 0 Å². The number of amides is 2. The van der Waals surface area contributed by atoms with Crippen LogP contribution in [0.15, 0.2) is 30.6 Å². The lowest BCUT2D eigenvalue weighted by Crippen LogP contribution is -2.63. The molecule has 1 unspecified atom stereocenters. The van der Waals surface area contributed by atoms with Gasteiger partial charge in [-0.1, -0.05) is 12.1 Å². The summed E-state index contributed by atoms with van der Waals surface area (Å²) in [5.41, 5.74) is 2.20. The molecule has 152 valence electrons. The summed E-state index contributed by atoms with van der Waals surface area (Å²) in [5.74, 6) is 0. The summed E-state index contributed by atoms with van der Waals surface area (Å²) in [4.78, 5) is 19.6. The van der Waals surface area contributed by atoms with E-state index in [9.17, 15) is 4.79 Å². The van der Waals surface area contributed by atoms with Gasteiger partial charge in [0.1, 0.15) is 0 Å². The van der Waals surface area contributed by atoms with E-state index in [1.807, 2.05) is 29.4 Å². The minimum atomic E-state index is 0.0276. The first-order valence-electron chi connectivity index (χ1n) is 10.5. The summed E-state index contributed by atoms with van der Waals surface area (Å²) in [5, 5.41) is 7.03. The van der Waals surface area contributed by atoms with E-state index >= 15 is 0 Å². The van der Waals surface area contributed by atoms with E-state index in [4.69, 9.17) is 0 Å². The van der Waals surface area contributed by atoms with Crippen LogP contribution in [0.2, 0.25) is 0 Å². The molecule has 0 radical (unpaired) electrons. The lowest BCUT2D eigenvalue weighted by molar-refractivity contribution is 0.136. The molecule has 0 saturated carbocycles. The first-order chi connectivity index (χ1) is 13.2. The fraction of sp³-hybridized carbons (Fsp3) is 0.636. The number of piperidine rings is 1. The van der Waals surface area contributed by atoms with Crippen molar-refractivity contribution in [3.63, 3.8) is 0 Å². The quantitative estimate of drug-likeness (QED) is 0.852. The van der Waals surface area contributed by atoms with Gasteiger partial charge in [-0.2, -0.15) is 0 Å². The number of carbonyl (C=O) groups excluding carboxylic acids is 1. The molecule has 6 nitrogen and oxygen atoms in total. The van der Waals surface area contributed by atoms with E-state index in [1.165, 1.54) is 0 Å². The predicted octanol–water partition coefficient (Wildman–Crippen LogP) is 3.52. The van der Waals surface area contributed by atoms with Crippen molar-refractivity contribution in [1.29, 1.82) is 0 Å². The number of nitrogens with one attached hydrogen (secondary N) is 2. The average Bonchev–Trinajstić information content (AvgIpc) is 3.20. The minimum Gasteiger partial charge on any atom is -0.335 e. The summed E-state index contributed by atoms with van der Waals surface area (Å²) in [6.07, 6.45) is 5.91. The van der Waals surface area contributed by atoms with Crippen LogP contribution in [-0.2, 0) is 6.54 Å². The summed E-state index contributed by atoms with van der Waals surface area (Å²) < 4.78 is 2.18. The normalized spacial score (nSPS) is 24.6. The summed E-state index contributed by atoms with van der Waals surface area (Å²) in [7, 11) is 0. The first-order valence-corrected chi connectivity index (χ1v) is 10.5. The van der Waals surface area contributed by atoms with Crippen LogP contribution in [0.1, 0.15) is 53.4 Å². The molecular weight excluding hydrogens is 350 g/mol. The fourth-order valence-corrected chi connectivity index (χ4v) is 5.36. The Morgan fingerprint density at radius 2 is 1.93 bits per heavy atom. The zero-order valence-corrected chi connectivity index (χ0v) is 17.5. The zero-order valence-electron chi connectivity index (χ0n) is 17.5. The maximum absolute atomic E-state index is 13.1. The molecule has 4 rings (SSSR count). The van der Waals surface area contributed by atoms with Gasteiger partial charge in [-0.25, -0.2) is 9.78 Å². The van der Waals surface area contributed by atoms with E-state index in [0.717, 1.165) is 49.8 Å². The summed E-state index contributed by atoms with van der Waals surface area (Å²) >= 11 is 0. The molecule has 1 aromatic heterocycles. The van der Waals surface area contributed by atoms with Gasteiger partial charge in [0.15, 0.2) is 0 Å². The SMILES string of the molecule is CC1(C)CC(NC(=O)N2CCCC2Cn2cnc3ccccc32)CC(C)(C)N1. The summed E-state index contributed by atoms with van der Waals surface area (Å²) in [6.45, 7) is 10.5. The first kappa shape index (κ1) is 19.2. The molecule has 3 heterocycles. The Morgan fingerprint density at radius 1 is 1.21 bits per heavy atom. The van der Waals surface area contributed by atoms with Crippen molar-refractivity contribution in [2.75, 3.05) is 6.54 Å². The Balaban J connectivity index is 1.44. The Bertz CT molecular complexity index is 839. The second-order valence-corrected chi connectivity index (χ2v) is 9.82. The van der Waals surface area contributed by atoms with Gasteiger partial charge >= 0.3 is 6.03 Å². The molecule has 2 aromatic rings. The predicted molar refractivity (Wildman–Crippen MR) is 112 cm³/mol. The molecule has 0 spiro atoms. The number of hydrogen-bond acceptors (Lipinski definition) is 3. The molecule has 0 bridgehead atoms. The van der Waals surface area contributed by atoms with Gasteiger partial charge in [0, 0.05) is 30.2 Å². The fourth-order valence-electron chi connectivity index (χ4n) is 5.36. The zero-order chi connectivity index (χ0) is 19.9. The van der Waals surface area contributed by atoms with Crippen LogP contribution >= 0.6 is 0 Å². The van der Waals surface area contributed by atoms with Gasteiger partial charge in [0.25, 0.3) is 0 Å². The third-order valence-electron chi connectivity index (χ3n) is 6.09. The Labute approximate surface area is 167 Å². The molecular formula is C22H33N5O. The van der Waals surface area contributed by atoms with Crippen LogP contribution in [0.4, 0.5) is 4.79 Å². The van der Waals surface area contributed by atoms with Gasteiger partial charge in [-0.3, -0.25) is 0 Å². The maximum Gasteiger partial charge on any atom is 0.317 e. The largest absolute Gasteiger partial charge is 0.335 e. The van der Waals surface area contributed by atoms with Crippen molar-refractivity contribution in [3.8, 4) is 0 Å². The topological polar surface area (TPSA) is 62.2 Å². The van der Waals surface area contributed by atoms with Crippen molar-refractivity contribution < 1.29 is 4.79 Å².